The van der Waals surface area contributed by atoms with Gasteiger partial charge in [0.1, 0.15) is 18.7 Å². The summed E-state index contributed by atoms with van der Waals surface area (Å²) in [6.45, 7) is 2.22. The highest BCUT2D eigenvalue weighted by Gasteiger charge is 2.45. The van der Waals surface area contributed by atoms with Crippen LogP contribution in [0.2, 0.25) is 0 Å². The summed E-state index contributed by atoms with van der Waals surface area (Å²) in [4.78, 5) is 39.7. The number of aliphatic hydroxyl groups is 1. The van der Waals surface area contributed by atoms with Crippen LogP contribution in [0.1, 0.15) is 12.5 Å². The monoisotopic (exact) mass is 347 g/mol. The van der Waals surface area contributed by atoms with Crippen LogP contribution in [-0.4, -0.2) is 70.6 Å². The molecule has 1 aromatic rings. The lowest BCUT2D eigenvalue weighted by Crippen LogP contribution is -2.71. The van der Waals surface area contributed by atoms with Crippen LogP contribution in [0.3, 0.4) is 0 Å². The van der Waals surface area contributed by atoms with E-state index in [1.165, 1.54) is 16.7 Å². The third-order valence-electron chi connectivity index (χ3n) is 4.48. The molecule has 0 bridgehead atoms. The third kappa shape index (κ3) is 3.58. The van der Waals surface area contributed by atoms with Gasteiger partial charge in [0, 0.05) is 13.1 Å². The molecule has 8 heteroatoms. The van der Waals surface area contributed by atoms with Crippen LogP contribution >= 0.6 is 0 Å². The summed E-state index contributed by atoms with van der Waals surface area (Å²) < 4.78 is 5.28. The van der Waals surface area contributed by atoms with Gasteiger partial charge in [-0.05, 0) is 12.5 Å². The predicted octanol–water partition coefficient (Wildman–Crippen LogP) is -0.285. The van der Waals surface area contributed by atoms with Crippen molar-refractivity contribution < 1.29 is 24.2 Å². The molecule has 3 rings (SSSR count). The van der Waals surface area contributed by atoms with Gasteiger partial charge in [-0.2, -0.15) is 0 Å². The second kappa shape index (κ2) is 7.10. The van der Waals surface area contributed by atoms with Gasteiger partial charge in [0.05, 0.1) is 12.6 Å². The van der Waals surface area contributed by atoms with Crippen molar-refractivity contribution in [3.05, 3.63) is 35.9 Å². The summed E-state index contributed by atoms with van der Waals surface area (Å²) >= 11 is 0. The Morgan fingerprint density at radius 2 is 2.04 bits per heavy atom. The average Bonchev–Trinajstić information content (AvgIpc) is 2.63. The quantitative estimate of drug-likeness (QED) is 0.783. The summed E-state index contributed by atoms with van der Waals surface area (Å²) in [7, 11) is 0. The van der Waals surface area contributed by atoms with Gasteiger partial charge in [0.2, 0.25) is 11.8 Å². The van der Waals surface area contributed by atoms with Crippen molar-refractivity contribution in [1.29, 1.82) is 0 Å². The number of hydrogen-bond donors (Lipinski definition) is 2. The van der Waals surface area contributed by atoms with E-state index in [0.29, 0.717) is 0 Å². The van der Waals surface area contributed by atoms with Gasteiger partial charge in [-0.3, -0.25) is 9.59 Å². The van der Waals surface area contributed by atoms with E-state index in [1.54, 1.807) is 0 Å². The predicted molar refractivity (Wildman–Crippen MR) is 87.3 cm³/mol. The summed E-state index contributed by atoms with van der Waals surface area (Å²) in [6, 6.07) is 7.63. The lowest BCUT2D eigenvalue weighted by atomic mass is 10.0. The Bertz CT molecular complexity index is 664. The number of fused-ring (bicyclic) bond motifs is 1. The van der Waals surface area contributed by atoms with Gasteiger partial charge < -0.3 is 25.0 Å². The number of benzene rings is 1. The number of carbonyl (C=O) groups excluding carboxylic acids is 3. The molecule has 0 aromatic heterocycles. The van der Waals surface area contributed by atoms with Gasteiger partial charge in [-0.25, -0.2) is 4.79 Å². The first-order valence-corrected chi connectivity index (χ1v) is 8.22. The fourth-order valence-corrected chi connectivity index (χ4v) is 3.06. The Balaban J connectivity index is 1.60. The Morgan fingerprint density at radius 3 is 2.72 bits per heavy atom. The summed E-state index contributed by atoms with van der Waals surface area (Å²) in [5.41, 5.74) is 0.875. The third-order valence-corrected chi connectivity index (χ3v) is 4.48. The maximum atomic E-state index is 12.4. The Morgan fingerprint density at radius 1 is 1.32 bits per heavy atom. The molecule has 2 saturated heterocycles. The Hall–Kier alpha value is -2.61. The van der Waals surface area contributed by atoms with E-state index in [1.807, 2.05) is 30.3 Å². The Kier molecular flexibility index (Phi) is 4.89. The standard InChI is InChI=1S/C17H21N3O5/c1-11(21)14-16(23)20-8-7-19(9-13(20)15(22)18-14)17(24)25-10-12-5-3-2-4-6-12/h2-6,11,13-14,21H,7-10H2,1H3,(H,18,22)/t11-,13+,14+/m0/s1. The number of rotatable bonds is 3. The van der Waals surface area contributed by atoms with Crippen molar-refractivity contribution in [3.63, 3.8) is 0 Å². The lowest BCUT2D eigenvalue weighted by molar-refractivity contribution is -0.155. The number of aliphatic hydroxyl groups excluding tert-OH is 1. The largest absolute Gasteiger partial charge is 0.445 e. The molecule has 2 N–H and O–H groups in total. The molecule has 2 aliphatic heterocycles. The smallest absolute Gasteiger partial charge is 0.410 e. The summed E-state index contributed by atoms with van der Waals surface area (Å²) in [5.74, 6) is -0.692. The van der Waals surface area contributed by atoms with Crippen LogP contribution < -0.4 is 5.32 Å². The van der Waals surface area contributed by atoms with E-state index in [2.05, 4.69) is 5.32 Å². The molecule has 0 radical (unpaired) electrons. The topological polar surface area (TPSA) is 99.2 Å². The molecule has 2 aliphatic rings. The lowest BCUT2D eigenvalue weighted by Gasteiger charge is -2.45. The zero-order valence-electron chi connectivity index (χ0n) is 13.9. The van der Waals surface area contributed by atoms with Crippen LogP contribution in [0.5, 0.6) is 0 Å². The van der Waals surface area contributed by atoms with E-state index in [9.17, 15) is 19.5 Å². The van der Waals surface area contributed by atoms with Gasteiger partial charge in [-0.15, -0.1) is 0 Å². The number of nitrogens with zero attached hydrogens (tertiary/aromatic N) is 2. The van der Waals surface area contributed by atoms with Gasteiger partial charge in [0.15, 0.2) is 0 Å². The number of carbonyl (C=O) groups is 3. The van der Waals surface area contributed by atoms with Crippen molar-refractivity contribution in [2.45, 2.75) is 31.7 Å². The van der Waals surface area contributed by atoms with E-state index in [0.717, 1.165) is 5.56 Å². The number of nitrogens with one attached hydrogen (secondary N) is 1. The van der Waals surface area contributed by atoms with Crippen molar-refractivity contribution in [2.75, 3.05) is 19.6 Å². The summed E-state index contributed by atoms with van der Waals surface area (Å²) in [5, 5.41) is 12.2. The minimum Gasteiger partial charge on any atom is -0.445 e. The summed E-state index contributed by atoms with van der Waals surface area (Å²) in [6.07, 6.45) is -1.48. The number of hydrogen-bond acceptors (Lipinski definition) is 5. The molecule has 0 unspecified atom stereocenters. The Labute approximate surface area is 145 Å². The van der Waals surface area contributed by atoms with Gasteiger partial charge in [0.25, 0.3) is 0 Å². The maximum Gasteiger partial charge on any atom is 0.410 e. The molecule has 1 aromatic carbocycles. The molecule has 3 amide bonds. The van der Waals surface area contributed by atoms with E-state index in [4.69, 9.17) is 4.74 Å². The van der Waals surface area contributed by atoms with Crippen LogP contribution in [0.25, 0.3) is 0 Å². The highest BCUT2D eigenvalue weighted by atomic mass is 16.6. The van der Waals surface area contributed by atoms with Crippen molar-refractivity contribution in [1.82, 2.24) is 15.1 Å². The molecule has 2 heterocycles. The zero-order valence-corrected chi connectivity index (χ0v) is 13.9. The number of ether oxygens (including phenoxy) is 1. The number of piperazine rings is 2. The van der Waals surface area contributed by atoms with Crippen LogP contribution in [0, 0.1) is 0 Å². The fourth-order valence-electron chi connectivity index (χ4n) is 3.06. The molecule has 0 saturated carbocycles. The first kappa shape index (κ1) is 17.2. The van der Waals surface area contributed by atoms with Gasteiger partial charge in [-0.1, -0.05) is 30.3 Å². The first-order valence-electron chi connectivity index (χ1n) is 8.22. The fraction of sp³-hybridized carbons (Fsp3) is 0.471. The van der Waals surface area contributed by atoms with Crippen molar-refractivity contribution in [2.24, 2.45) is 0 Å². The van der Waals surface area contributed by atoms with Crippen molar-refractivity contribution in [3.8, 4) is 0 Å². The molecule has 8 nitrogen and oxygen atoms in total. The molecule has 134 valence electrons. The van der Waals surface area contributed by atoms with Crippen LogP contribution in [0.15, 0.2) is 30.3 Å². The minimum atomic E-state index is -0.966. The van der Waals surface area contributed by atoms with Crippen LogP contribution in [0.4, 0.5) is 4.79 Å². The first-order chi connectivity index (χ1) is 12.0. The molecular weight excluding hydrogens is 326 g/mol. The van der Waals surface area contributed by atoms with E-state index >= 15 is 0 Å². The van der Waals surface area contributed by atoms with E-state index in [-0.39, 0.29) is 38.1 Å². The normalized spacial score (nSPS) is 24.4. The second-order valence-electron chi connectivity index (χ2n) is 6.26. The highest BCUT2D eigenvalue weighted by Crippen LogP contribution is 2.18. The second-order valence-corrected chi connectivity index (χ2v) is 6.26. The van der Waals surface area contributed by atoms with Crippen LogP contribution in [-0.2, 0) is 20.9 Å². The number of amides is 3. The van der Waals surface area contributed by atoms with Gasteiger partial charge >= 0.3 is 6.09 Å². The molecule has 0 spiro atoms. The minimum absolute atomic E-state index is 0.0811. The molecule has 3 atom stereocenters. The molecule has 25 heavy (non-hydrogen) atoms. The zero-order chi connectivity index (χ0) is 18.0. The van der Waals surface area contributed by atoms with Crippen molar-refractivity contribution >= 4 is 17.9 Å². The highest BCUT2D eigenvalue weighted by molar-refractivity contribution is 5.98. The molecule has 0 aliphatic carbocycles. The van der Waals surface area contributed by atoms with E-state index < -0.39 is 24.3 Å². The maximum absolute atomic E-state index is 12.4. The SMILES string of the molecule is C[C@H](O)[C@H]1NC(=O)[C@H]2CN(C(=O)OCc3ccccc3)CCN2C1=O. The average molecular weight is 347 g/mol. The molecular formula is C17H21N3O5. The molecule has 2 fully saturated rings.